The van der Waals surface area contributed by atoms with Crippen LogP contribution in [-0.2, 0) is 6.42 Å². The molecule has 2 aromatic rings. The van der Waals surface area contributed by atoms with E-state index in [1.807, 2.05) is 68.3 Å². The second-order valence-electron chi connectivity index (χ2n) is 9.34. The summed E-state index contributed by atoms with van der Waals surface area (Å²) in [6.07, 6.45) is 3.28. The van der Waals surface area contributed by atoms with Gasteiger partial charge in [-0.15, -0.1) is 0 Å². The Kier molecular flexibility index (Phi) is 13.0. The topological polar surface area (TPSA) is 89.9 Å². The van der Waals surface area contributed by atoms with Crippen molar-refractivity contribution < 1.29 is 19.8 Å². The number of amides is 2. The molecule has 0 aliphatic rings. The zero-order valence-electron chi connectivity index (χ0n) is 22.1. The number of aryl methyl sites for hydroxylation is 1. The van der Waals surface area contributed by atoms with E-state index in [2.05, 4.69) is 5.32 Å². The van der Waals surface area contributed by atoms with Crippen LogP contribution in [0.4, 0.5) is 0 Å². The van der Waals surface area contributed by atoms with Crippen LogP contribution in [0.3, 0.4) is 0 Å². The normalized spacial score (nSPS) is 13.6. The number of thioether (sulfide) groups is 1. The third kappa shape index (κ3) is 9.26. The number of benzene rings is 2. The molecule has 0 fully saturated rings. The largest absolute Gasteiger partial charge is 0.390 e. The highest BCUT2D eigenvalue weighted by Crippen LogP contribution is 2.17. The maximum Gasteiger partial charge on any atom is 0.253 e. The first-order chi connectivity index (χ1) is 17.3. The molecule has 0 aliphatic heterocycles. The highest BCUT2D eigenvalue weighted by molar-refractivity contribution is 7.98. The molecule has 198 valence electrons. The lowest BCUT2D eigenvalue weighted by atomic mass is 9.95. The molecule has 3 N–H and O–H groups in total. The van der Waals surface area contributed by atoms with Crippen LogP contribution >= 0.6 is 11.8 Å². The van der Waals surface area contributed by atoms with Gasteiger partial charge in [-0.1, -0.05) is 44.2 Å². The van der Waals surface area contributed by atoms with Gasteiger partial charge in [0, 0.05) is 24.2 Å². The van der Waals surface area contributed by atoms with Crippen LogP contribution in [-0.4, -0.2) is 70.3 Å². The van der Waals surface area contributed by atoms with Gasteiger partial charge in [-0.3, -0.25) is 9.59 Å². The second-order valence-corrected chi connectivity index (χ2v) is 10.3. The molecule has 0 spiro atoms. The molecule has 0 aromatic heterocycles. The Morgan fingerprint density at radius 1 is 1.00 bits per heavy atom. The van der Waals surface area contributed by atoms with E-state index >= 15 is 0 Å². The molecule has 0 aliphatic carbocycles. The van der Waals surface area contributed by atoms with E-state index in [-0.39, 0.29) is 11.8 Å². The molecule has 0 saturated carbocycles. The molecule has 0 bridgehead atoms. The number of nitrogens with zero attached hydrogens (tertiary/aromatic N) is 1. The zero-order valence-corrected chi connectivity index (χ0v) is 22.9. The summed E-state index contributed by atoms with van der Waals surface area (Å²) in [5, 5.41) is 24.6. The highest BCUT2D eigenvalue weighted by Gasteiger charge is 2.28. The van der Waals surface area contributed by atoms with E-state index in [0.717, 1.165) is 36.1 Å². The minimum Gasteiger partial charge on any atom is -0.390 e. The zero-order chi connectivity index (χ0) is 26.5. The summed E-state index contributed by atoms with van der Waals surface area (Å²) in [7, 11) is 0. The van der Waals surface area contributed by atoms with Crippen molar-refractivity contribution in [2.24, 2.45) is 0 Å². The van der Waals surface area contributed by atoms with E-state index in [4.69, 9.17) is 0 Å². The predicted molar refractivity (Wildman–Crippen MR) is 149 cm³/mol. The first-order valence-corrected chi connectivity index (χ1v) is 14.3. The first-order valence-electron chi connectivity index (χ1n) is 12.9. The van der Waals surface area contributed by atoms with Gasteiger partial charge in [0.05, 0.1) is 12.1 Å². The van der Waals surface area contributed by atoms with E-state index in [1.54, 1.807) is 23.9 Å². The molecule has 3 atom stereocenters. The van der Waals surface area contributed by atoms with Crippen molar-refractivity contribution in [2.75, 3.05) is 25.1 Å². The molecule has 2 rings (SSSR count). The maximum absolute atomic E-state index is 13.3. The Morgan fingerprint density at radius 2 is 1.64 bits per heavy atom. The van der Waals surface area contributed by atoms with Gasteiger partial charge in [0.25, 0.3) is 11.8 Å². The van der Waals surface area contributed by atoms with Gasteiger partial charge in [0.15, 0.2) is 0 Å². The summed E-state index contributed by atoms with van der Waals surface area (Å²) < 4.78 is 0. The lowest BCUT2D eigenvalue weighted by Crippen LogP contribution is -2.50. The molecule has 0 saturated heterocycles. The lowest BCUT2D eigenvalue weighted by Gasteiger charge is -2.28. The minimum absolute atomic E-state index is 0.0819. The number of carbonyl (C=O) groups is 2. The number of hydrogen-bond donors (Lipinski definition) is 3. The number of aliphatic hydroxyl groups is 2. The Morgan fingerprint density at radius 3 is 2.25 bits per heavy atom. The van der Waals surface area contributed by atoms with Crippen LogP contribution in [0.2, 0.25) is 0 Å². The van der Waals surface area contributed by atoms with Gasteiger partial charge in [0.2, 0.25) is 0 Å². The number of carbonyl (C=O) groups excluding carboxylic acids is 2. The molecule has 6 nitrogen and oxygen atoms in total. The van der Waals surface area contributed by atoms with Crippen molar-refractivity contribution in [2.45, 2.75) is 71.1 Å². The SMILES string of the molecule is CCCN(CCC)C(=O)c1cc(C)cc(C(=O)NC(Cc2ccccc2)C(O)C(O)CCCSC)c1. The standard InChI is InChI=1S/C29H42N2O4S/c1-5-14-31(15-6-2)29(35)24-18-21(3)17-23(20-24)28(34)30-25(19-22-11-8-7-9-12-22)27(33)26(32)13-10-16-36-4/h7-9,11-12,17-18,20,25-27,32-33H,5-6,10,13-16,19H2,1-4H3,(H,30,34). The highest BCUT2D eigenvalue weighted by atomic mass is 32.2. The van der Waals surface area contributed by atoms with Gasteiger partial charge < -0.3 is 20.4 Å². The number of aliphatic hydroxyl groups excluding tert-OH is 2. The Balaban J connectivity index is 2.26. The summed E-state index contributed by atoms with van der Waals surface area (Å²) in [6.45, 7) is 7.28. The van der Waals surface area contributed by atoms with Gasteiger partial charge in [0.1, 0.15) is 6.10 Å². The van der Waals surface area contributed by atoms with Crippen LogP contribution in [0.15, 0.2) is 48.5 Å². The average molecular weight is 515 g/mol. The first kappa shape index (κ1) is 29.9. The summed E-state index contributed by atoms with van der Waals surface area (Å²) in [5.74, 6) is 0.440. The lowest BCUT2D eigenvalue weighted by molar-refractivity contribution is -0.00731. The summed E-state index contributed by atoms with van der Waals surface area (Å²) in [5.41, 5.74) is 2.62. The maximum atomic E-state index is 13.3. The summed E-state index contributed by atoms with van der Waals surface area (Å²) in [6, 6.07) is 14.1. The fraction of sp³-hybridized carbons (Fsp3) is 0.517. The smallest absolute Gasteiger partial charge is 0.253 e. The average Bonchev–Trinajstić information content (AvgIpc) is 2.87. The molecular formula is C29H42N2O4S. The van der Waals surface area contributed by atoms with Gasteiger partial charge in [-0.2, -0.15) is 11.8 Å². The molecule has 0 heterocycles. The Hall–Kier alpha value is -2.35. The molecule has 7 heteroatoms. The third-order valence-electron chi connectivity index (χ3n) is 6.13. The van der Waals surface area contributed by atoms with Crippen molar-refractivity contribution in [3.63, 3.8) is 0 Å². The van der Waals surface area contributed by atoms with Crippen LogP contribution in [0, 0.1) is 6.92 Å². The molecule has 36 heavy (non-hydrogen) atoms. The third-order valence-corrected chi connectivity index (χ3v) is 6.83. The van der Waals surface area contributed by atoms with Gasteiger partial charge in [-0.05, 0) is 80.4 Å². The molecule has 2 amide bonds. The van der Waals surface area contributed by atoms with Crippen LogP contribution < -0.4 is 5.32 Å². The second kappa shape index (κ2) is 15.7. The van der Waals surface area contributed by atoms with Crippen molar-refractivity contribution >= 4 is 23.6 Å². The fourth-order valence-corrected chi connectivity index (χ4v) is 4.78. The van der Waals surface area contributed by atoms with Crippen molar-refractivity contribution in [3.8, 4) is 0 Å². The fourth-order valence-electron chi connectivity index (χ4n) is 4.33. The quantitative estimate of drug-likeness (QED) is 0.305. The van der Waals surface area contributed by atoms with Crippen LogP contribution in [0.25, 0.3) is 0 Å². The Bertz CT molecular complexity index is 948. The number of nitrogens with one attached hydrogen (secondary N) is 1. The minimum atomic E-state index is -1.12. The molecular weight excluding hydrogens is 472 g/mol. The number of rotatable bonds is 15. The van der Waals surface area contributed by atoms with Gasteiger partial charge in [-0.25, -0.2) is 0 Å². The van der Waals surface area contributed by atoms with E-state index in [0.29, 0.717) is 37.1 Å². The monoisotopic (exact) mass is 514 g/mol. The predicted octanol–water partition coefficient (Wildman–Crippen LogP) is 4.46. The van der Waals surface area contributed by atoms with Crippen molar-refractivity contribution in [1.29, 1.82) is 0 Å². The van der Waals surface area contributed by atoms with Crippen molar-refractivity contribution in [3.05, 3.63) is 70.8 Å². The van der Waals surface area contributed by atoms with Crippen LogP contribution in [0.5, 0.6) is 0 Å². The number of hydrogen-bond acceptors (Lipinski definition) is 5. The van der Waals surface area contributed by atoms with E-state index in [9.17, 15) is 19.8 Å². The Labute approximate surface area is 220 Å². The molecule has 2 aromatic carbocycles. The summed E-state index contributed by atoms with van der Waals surface area (Å²) in [4.78, 5) is 28.3. The van der Waals surface area contributed by atoms with Crippen LogP contribution in [0.1, 0.15) is 71.4 Å². The summed E-state index contributed by atoms with van der Waals surface area (Å²) >= 11 is 1.69. The van der Waals surface area contributed by atoms with Gasteiger partial charge >= 0.3 is 0 Å². The molecule has 0 radical (unpaired) electrons. The van der Waals surface area contributed by atoms with Crippen molar-refractivity contribution in [1.82, 2.24) is 10.2 Å². The van der Waals surface area contributed by atoms with E-state index in [1.165, 1.54) is 0 Å². The molecule has 3 unspecified atom stereocenters. The van der Waals surface area contributed by atoms with E-state index < -0.39 is 18.2 Å².